The van der Waals surface area contributed by atoms with Gasteiger partial charge in [0.2, 0.25) is 0 Å². The number of nitrogen functional groups attached to an aromatic ring is 1. The summed E-state index contributed by atoms with van der Waals surface area (Å²) in [6.45, 7) is 1.84. The number of hydrogen-bond acceptors (Lipinski definition) is 5. The number of benzene rings is 2. The van der Waals surface area contributed by atoms with Crippen LogP contribution >= 0.6 is 33.9 Å². The highest BCUT2D eigenvalue weighted by Gasteiger charge is 2.11. The zero-order chi connectivity index (χ0) is 17.6. The molecule has 2 aromatic heterocycles. The number of rotatable bonds is 2. The maximum Gasteiger partial charge on any atom is 0.265 e. The van der Waals surface area contributed by atoms with Crippen LogP contribution in [0.5, 0.6) is 0 Å². The topological polar surface area (TPSA) is 73.8 Å². The smallest absolute Gasteiger partial charge is 0.265 e. The number of aromatic nitrogens is 3. The van der Waals surface area contributed by atoms with E-state index < -0.39 is 0 Å². The molecular weight excluding hydrogens is 447 g/mol. The van der Waals surface area contributed by atoms with Gasteiger partial charge in [0.15, 0.2) is 5.13 Å². The van der Waals surface area contributed by atoms with Crippen LogP contribution in [-0.4, -0.2) is 14.5 Å². The summed E-state index contributed by atoms with van der Waals surface area (Å²) in [5.41, 5.74) is 8.93. The van der Waals surface area contributed by atoms with Crippen LogP contribution in [0.3, 0.4) is 0 Å². The molecule has 0 radical (unpaired) electrons. The average Bonchev–Trinajstić information content (AvgIpc) is 3.03. The highest BCUT2D eigenvalue weighted by atomic mass is 127. The maximum absolute atomic E-state index is 13.0. The average molecular weight is 460 g/mol. The van der Waals surface area contributed by atoms with Crippen molar-refractivity contribution in [2.24, 2.45) is 0 Å². The summed E-state index contributed by atoms with van der Waals surface area (Å²) in [6, 6.07) is 13.4. The molecule has 0 aliphatic carbocycles. The van der Waals surface area contributed by atoms with Gasteiger partial charge in [-0.15, -0.1) is 11.3 Å². The number of thiazole rings is 1. The zero-order valence-corrected chi connectivity index (χ0v) is 16.2. The van der Waals surface area contributed by atoms with E-state index in [2.05, 4.69) is 32.6 Å². The summed E-state index contributed by atoms with van der Waals surface area (Å²) in [4.78, 5) is 21.8. The van der Waals surface area contributed by atoms with E-state index >= 15 is 0 Å². The van der Waals surface area contributed by atoms with Crippen molar-refractivity contribution in [3.05, 3.63) is 67.6 Å². The van der Waals surface area contributed by atoms with Gasteiger partial charge < -0.3 is 5.73 Å². The lowest BCUT2D eigenvalue weighted by molar-refractivity contribution is 0.895. The number of hydrogen-bond donors (Lipinski definition) is 1. The SMILES string of the molecule is Cc1nc2ccc(I)cc2c(=O)n1-c1ccc(-c2csc(N)n2)cc1. The Kier molecular flexibility index (Phi) is 4.04. The van der Waals surface area contributed by atoms with Gasteiger partial charge in [0, 0.05) is 14.5 Å². The van der Waals surface area contributed by atoms with E-state index in [0.29, 0.717) is 21.9 Å². The first-order valence-electron chi connectivity index (χ1n) is 7.53. The molecule has 0 amide bonds. The van der Waals surface area contributed by atoms with E-state index in [-0.39, 0.29) is 5.56 Å². The van der Waals surface area contributed by atoms with E-state index in [0.717, 1.165) is 20.5 Å². The molecule has 4 rings (SSSR count). The molecule has 5 nitrogen and oxygen atoms in total. The van der Waals surface area contributed by atoms with Crippen LogP contribution in [0.4, 0.5) is 5.13 Å². The molecule has 0 bridgehead atoms. The molecule has 0 spiro atoms. The van der Waals surface area contributed by atoms with Crippen LogP contribution in [0, 0.1) is 10.5 Å². The van der Waals surface area contributed by atoms with Crippen LogP contribution in [0.15, 0.2) is 52.6 Å². The van der Waals surface area contributed by atoms with Crippen LogP contribution in [0.25, 0.3) is 27.8 Å². The van der Waals surface area contributed by atoms with Gasteiger partial charge in [0.05, 0.1) is 22.3 Å². The fraction of sp³-hybridized carbons (Fsp3) is 0.0556. The molecule has 25 heavy (non-hydrogen) atoms. The molecule has 0 unspecified atom stereocenters. The minimum Gasteiger partial charge on any atom is -0.375 e. The molecule has 0 aliphatic rings. The first kappa shape index (κ1) is 16.2. The van der Waals surface area contributed by atoms with Gasteiger partial charge in [-0.05, 0) is 59.8 Å². The Hall–Kier alpha value is -2.26. The van der Waals surface area contributed by atoms with Crippen molar-refractivity contribution in [1.29, 1.82) is 0 Å². The van der Waals surface area contributed by atoms with Gasteiger partial charge in [-0.25, -0.2) is 9.97 Å². The summed E-state index contributed by atoms with van der Waals surface area (Å²) in [5, 5.41) is 3.08. The molecule has 2 heterocycles. The Balaban J connectivity index is 1.85. The highest BCUT2D eigenvalue weighted by molar-refractivity contribution is 14.1. The van der Waals surface area contributed by atoms with Crippen LogP contribution in [-0.2, 0) is 0 Å². The van der Waals surface area contributed by atoms with Crippen molar-refractivity contribution >= 4 is 50.0 Å². The van der Waals surface area contributed by atoms with Crippen molar-refractivity contribution in [2.75, 3.05) is 5.73 Å². The number of halogens is 1. The van der Waals surface area contributed by atoms with Gasteiger partial charge in [-0.2, -0.15) is 0 Å². The largest absolute Gasteiger partial charge is 0.375 e. The predicted molar refractivity (Wildman–Crippen MR) is 110 cm³/mol. The summed E-state index contributed by atoms with van der Waals surface area (Å²) in [6.07, 6.45) is 0. The second-order valence-electron chi connectivity index (χ2n) is 5.58. The van der Waals surface area contributed by atoms with E-state index in [1.165, 1.54) is 11.3 Å². The van der Waals surface area contributed by atoms with E-state index in [9.17, 15) is 4.79 Å². The second-order valence-corrected chi connectivity index (χ2v) is 7.71. The second kappa shape index (κ2) is 6.23. The maximum atomic E-state index is 13.0. The van der Waals surface area contributed by atoms with Gasteiger partial charge in [-0.3, -0.25) is 9.36 Å². The van der Waals surface area contributed by atoms with Crippen molar-refractivity contribution in [3.63, 3.8) is 0 Å². The third-order valence-electron chi connectivity index (χ3n) is 3.94. The van der Waals surface area contributed by atoms with Crippen molar-refractivity contribution in [1.82, 2.24) is 14.5 Å². The lowest BCUT2D eigenvalue weighted by atomic mass is 10.1. The summed E-state index contributed by atoms with van der Waals surface area (Å²) in [5.74, 6) is 0.657. The molecule has 0 fully saturated rings. The van der Waals surface area contributed by atoms with Gasteiger partial charge >= 0.3 is 0 Å². The number of fused-ring (bicyclic) bond motifs is 1. The Morgan fingerprint density at radius 1 is 1.12 bits per heavy atom. The van der Waals surface area contributed by atoms with Gasteiger partial charge in [0.1, 0.15) is 5.82 Å². The van der Waals surface area contributed by atoms with Gasteiger partial charge in [0.25, 0.3) is 5.56 Å². The summed E-state index contributed by atoms with van der Waals surface area (Å²) < 4.78 is 2.65. The number of nitrogens with two attached hydrogens (primary N) is 1. The normalized spacial score (nSPS) is 11.1. The Morgan fingerprint density at radius 2 is 1.88 bits per heavy atom. The minimum atomic E-state index is -0.0633. The zero-order valence-electron chi connectivity index (χ0n) is 13.2. The Morgan fingerprint density at radius 3 is 2.56 bits per heavy atom. The Labute approximate surface area is 161 Å². The molecule has 0 saturated carbocycles. The third kappa shape index (κ3) is 2.93. The Bertz CT molecular complexity index is 1150. The minimum absolute atomic E-state index is 0.0633. The fourth-order valence-electron chi connectivity index (χ4n) is 2.77. The van der Waals surface area contributed by atoms with E-state index in [1.807, 2.05) is 54.8 Å². The highest BCUT2D eigenvalue weighted by Crippen LogP contribution is 2.24. The number of nitrogens with zero attached hydrogens (tertiary/aromatic N) is 3. The van der Waals surface area contributed by atoms with Crippen LogP contribution in [0.2, 0.25) is 0 Å². The standard InChI is InChI=1S/C18H13IN4OS/c1-10-21-15-7-4-12(19)8-14(15)17(24)23(10)13-5-2-11(3-6-13)16-9-25-18(20)22-16/h2-9H,1H3,(H2,20,22). The van der Waals surface area contributed by atoms with Crippen LogP contribution in [0.1, 0.15) is 5.82 Å². The molecule has 0 aliphatic heterocycles. The first-order valence-corrected chi connectivity index (χ1v) is 9.49. The molecule has 0 saturated heterocycles. The monoisotopic (exact) mass is 460 g/mol. The third-order valence-corrected chi connectivity index (χ3v) is 5.29. The molecular formula is C18H13IN4OS. The first-order chi connectivity index (χ1) is 12.0. The molecule has 2 N–H and O–H groups in total. The van der Waals surface area contributed by atoms with E-state index in [4.69, 9.17) is 5.73 Å². The van der Waals surface area contributed by atoms with Gasteiger partial charge in [-0.1, -0.05) is 12.1 Å². The van der Waals surface area contributed by atoms with Crippen molar-refractivity contribution in [3.8, 4) is 16.9 Å². The molecule has 7 heteroatoms. The fourth-order valence-corrected chi connectivity index (χ4v) is 3.84. The van der Waals surface area contributed by atoms with Crippen molar-refractivity contribution < 1.29 is 0 Å². The molecule has 4 aromatic rings. The number of anilines is 1. The lowest BCUT2D eigenvalue weighted by Crippen LogP contribution is -2.22. The number of aryl methyl sites for hydroxylation is 1. The van der Waals surface area contributed by atoms with Crippen LogP contribution < -0.4 is 11.3 Å². The van der Waals surface area contributed by atoms with Crippen molar-refractivity contribution in [2.45, 2.75) is 6.92 Å². The lowest BCUT2D eigenvalue weighted by Gasteiger charge is -2.11. The van der Waals surface area contributed by atoms with E-state index in [1.54, 1.807) is 4.57 Å². The quantitative estimate of drug-likeness (QED) is 0.459. The molecule has 0 atom stereocenters. The predicted octanol–water partition coefficient (Wildman–Crippen LogP) is 4.00. The summed E-state index contributed by atoms with van der Waals surface area (Å²) in [7, 11) is 0. The molecule has 2 aromatic carbocycles. The summed E-state index contributed by atoms with van der Waals surface area (Å²) >= 11 is 3.61. The molecule has 124 valence electrons.